The van der Waals surface area contributed by atoms with Crippen LogP contribution in [0.5, 0.6) is 0 Å². The number of halogens is 4. The van der Waals surface area contributed by atoms with Crippen molar-refractivity contribution in [2.45, 2.75) is 19.1 Å². The van der Waals surface area contributed by atoms with Gasteiger partial charge in [0.1, 0.15) is 5.82 Å². The first-order chi connectivity index (χ1) is 13.3. The van der Waals surface area contributed by atoms with E-state index in [0.717, 1.165) is 24.0 Å². The number of amides is 1. The minimum Gasteiger partial charge on any atom is -0.354 e. The Bertz CT molecular complexity index is 824. The predicted octanol–water partition coefficient (Wildman–Crippen LogP) is 3.90. The number of anilines is 2. The molecule has 0 unspecified atom stereocenters. The highest BCUT2D eigenvalue weighted by molar-refractivity contribution is 6.33. The molecule has 150 valence electrons. The second-order valence-electron chi connectivity index (χ2n) is 6.57. The molecule has 1 fully saturated rings. The molecule has 0 spiro atoms. The van der Waals surface area contributed by atoms with Gasteiger partial charge < -0.3 is 10.2 Å². The minimum absolute atomic E-state index is 0.0412. The molecule has 0 bridgehead atoms. The van der Waals surface area contributed by atoms with Crippen molar-refractivity contribution in [3.8, 4) is 0 Å². The average Bonchev–Trinajstić information content (AvgIpc) is 2.69. The second-order valence-corrected chi connectivity index (χ2v) is 6.98. The van der Waals surface area contributed by atoms with Gasteiger partial charge in [0.05, 0.1) is 22.3 Å². The standard InChI is InChI=1S/C19H20ClF3N4O/c1-13(26-8-10-27(11-9-26)17-4-2-3-7-24-17)18(28)25-16-12-14(19(21,22)23)5-6-15(16)20/h2-7,12-13H,8-11H2,1H3,(H,25,28)/t13-/m1/s1. The van der Waals surface area contributed by atoms with Gasteiger partial charge in [-0.1, -0.05) is 17.7 Å². The zero-order valence-corrected chi connectivity index (χ0v) is 16.0. The fourth-order valence-corrected chi connectivity index (χ4v) is 3.24. The Morgan fingerprint density at radius 3 is 2.50 bits per heavy atom. The lowest BCUT2D eigenvalue weighted by Gasteiger charge is -2.38. The second kappa shape index (κ2) is 8.36. The van der Waals surface area contributed by atoms with Gasteiger partial charge in [-0.2, -0.15) is 13.2 Å². The number of hydrogen-bond donors (Lipinski definition) is 1. The van der Waals surface area contributed by atoms with Crippen LogP contribution in [0.3, 0.4) is 0 Å². The lowest BCUT2D eigenvalue weighted by Crippen LogP contribution is -2.53. The summed E-state index contributed by atoms with van der Waals surface area (Å²) in [5, 5.41) is 2.59. The summed E-state index contributed by atoms with van der Waals surface area (Å²) in [6.07, 6.45) is -2.77. The molecule has 0 radical (unpaired) electrons. The third-order valence-corrected chi connectivity index (χ3v) is 5.10. The maximum Gasteiger partial charge on any atom is 0.416 e. The van der Waals surface area contributed by atoms with E-state index in [2.05, 4.69) is 15.2 Å². The van der Waals surface area contributed by atoms with Crippen LogP contribution in [-0.2, 0) is 11.0 Å². The number of benzene rings is 1. The summed E-state index contributed by atoms with van der Waals surface area (Å²) in [4.78, 5) is 21.0. The first kappa shape index (κ1) is 20.4. The van der Waals surface area contributed by atoms with Crippen LogP contribution in [0, 0.1) is 0 Å². The molecule has 1 amide bonds. The molecule has 2 heterocycles. The Morgan fingerprint density at radius 1 is 1.18 bits per heavy atom. The van der Waals surface area contributed by atoms with E-state index in [1.807, 2.05) is 23.1 Å². The van der Waals surface area contributed by atoms with Crippen molar-refractivity contribution in [3.05, 3.63) is 53.2 Å². The number of pyridine rings is 1. The molecule has 1 atom stereocenters. The van der Waals surface area contributed by atoms with E-state index in [1.165, 1.54) is 0 Å². The Morgan fingerprint density at radius 2 is 1.89 bits per heavy atom. The summed E-state index contributed by atoms with van der Waals surface area (Å²) >= 11 is 5.96. The lowest BCUT2D eigenvalue weighted by atomic mass is 10.1. The molecular weight excluding hydrogens is 393 g/mol. The molecule has 0 saturated carbocycles. The van der Waals surface area contributed by atoms with Gasteiger partial charge in [-0.05, 0) is 37.3 Å². The van der Waals surface area contributed by atoms with Crippen molar-refractivity contribution >= 4 is 29.0 Å². The largest absolute Gasteiger partial charge is 0.416 e. The fraction of sp³-hybridized carbons (Fsp3) is 0.368. The summed E-state index contributed by atoms with van der Waals surface area (Å²) in [7, 11) is 0. The molecule has 28 heavy (non-hydrogen) atoms. The van der Waals surface area contributed by atoms with E-state index >= 15 is 0 Å². The highest BCUT2D eigenvalue weighted by Crippen LogP contribution is 2.34. The normalized spacial score (nSPS) is 16.7. The Balaban J connectivity index is 1.61. The van der Waals surface area contributed by atoms with Crippen LogP contribution in [0.2, 0.25) is 5.02 Å². The number of carbonyl (C=O) groups excluding carboxylic acids is 1. The quantitative estimate of drug-likeness (QED) is 0.827. The Kier molecular flexibility index (Phi) is 6.10. The van der Waals surface area contributed by atoms with E-state index in [-0.39, 0.29) is 10.7 Å². The van der Waals surface area contributed by atoms with Crippen molar-refractivity contribution in [1.82, 2.24) is 9.88 Å². The van der Waals surface area contributed by atoms with Gasteiger partial charge in [-0.15, -0.1) is 0 Å². The maximum absolute atomic E-state index is 12.9. The highest BCUT2D eigenvalue weighted by Gasteiger charge is 2.32. The van der Waals surface area contributed by atoms with Crippen LogP contribution >= 0.6 is 11.6 Å². The molecule has 0 aliphatic carbocycles. The first-order valence-electron chi connectivity index (χ1n) is 8.83. The van der Waals surface area contributed by atoms with Crippen molar-refractivity contribution in [1.29, 1.82) is 0 Å². The van der Waals surface area contributed by atoms with Gasteiger partial charge in [0.25, 0.3) is 0 Å². The molecule has 1 aliphatic rings. The SMILES string of the molecule is C[C@H](C(=O)Nc1cc(C(F)(F)F)ccc1Cl)N1CCN(c2ccccn2)CC1. The van der Waals surface area contributed by atoms with E-state index in [1.54, 1.807) is 13.1 Å². The van der Waals surface area contributed by atoms with Crippen molar-refractivity contribution in [2.24, 2.45) is 0 Å². The monoisotopic (exact) mass is 412 g/mol. The van der Waals surface area contributed by atoms with Crippen LogP contribution in [0.25, 0.3) is 0 Å². The van der Waals surface area contributed by atoms with Crippen LogP contribution in [-0.4, -0.2) is 48.0 Å². The molecule has 1 saturated heterocycles. The lowest BCUT2D eigenvalue weighted by molar-refractivity contribution is -0.137. The highest BCUT2D eigenvalue weighted by atomic mass is 35.5. The van der Waals surface area contributed by atoms with Crippen LogP contribution in [0.15, 0.2) is 42.6 Å². The number of rotatable bonds is 4. The van der Waals surface area contributed by atoms with Crippen molar-refractivity contribution in [3.63, 3.8) is 0 Å². The van der Waals surface area contributed by atoms with Gasteiger partial charge in [0, 0.05) is 32.4 Å². The molecular formula is C19H20ClF3N4O. The Hall–Kier alpha value is -2.32. The van der Waals surface area contributed by atoms with E-state index in [0.29, 0.717) is 26.2 Å². The summed E-state index contributed by atoms with van der Waals surface area (Å²) < 4.78 is 38.7. The number of nitrogens with one attached hydrogen (secondary N) is 1. The van der Waals surface area contributed by atoms with Gasteiger partial charge in [-0.25, -0.2) is 4.98 Å². The number of nitrogens with zero attached hydrogens (tertiary/aromatic N) is 3. The molecule has 1 aromatic carbocycles. The fourth-order valence-electron chi connectivity index (χ4n) is 3.08. The van der Waals surface area contributed by atoms with Crippen molar-refractivity contribution < 1.29 is 18.0 Å². The number of piperazine rings is 1. The van der Waals surface area contributed by atoms with E-state index in [4.69, 9.17) is 11.6 Å². The topological polar surface area (TPSA) is 48.5 Å². The average molecular weight is 413 g/mol. The van der Waals surface area contributed by atoms with Gasteiger partial charge >= 0.3 is 6.18 Å². The zero-order valence-electron chi connectivity index (χ0n) is 15.2. The van der Waals surface area contributed by atoms with E-state index < -0.39 is 23.7 Å². The minimum atomic E-state index is -4.50. The summed E-state index contributed by atoms with van der Waals surface area (Å²) in [5.41, 5.74) is -0.899. The van der Waals surface area contributed by atoms with Crippen molar-refractivity contribution in [2.75, 3.05) is 36.4 Å². The number of aromatic nitrogens is 1. The zero-order chi connectivity index (χ0) is 20.3. The maximum atomic E-state index is 12.9. The molecule has 5 nitrogen and oxygen atoms in total. The third kappa shape index (κ3) is 4.74. The van der Waals surface area contributed by atoms with Crippen LogP contribution in [0.1, 0.15) is 12.5 Å². The van der Waals surface area contributed by atoms with Crippen LogP contribution in [0.4, 0.5) is 24.7 Å². The number of hydrogen-bond acceptors (Lipinski definition) is 4. The Labute approximate surface area is 166 Å². The van der Waals surface area contributed by atoms with Gasteiger partial charge in [0.15, 0.2) is 0 Å². The molecule has 2 aromatic rings. The molecule has 9 heteroatoms. The van der Waals surface area contributed by atoms with E-state index in [9.17, 15) is 18.0 Å². The first-order valence-corrected chi connectivity index (χ1v) is 9.21. The summed E-state index contributed by atoms with van der Waals surface area (Å²) in [6, 6.07) is 8.08. The molecule has 1 N–H and O–H groups in total. The predicted molar refractivity (Wildman–Crippen MR) is 103 cm³/mol. The van der Waals surface area contributed by atoms with Gasteiger partial charge in [0.2, 0.25) is 5.91 Å². The summed E-state index contributed by atoms with van der Waals surface area (Å²) in [5.74, 6) is 0.488. The number of alkyl halides is 3. The molecule has 1 aliphatic heterocycles. The third-order valence-electron chi connectivity index (χ3n) is 4.77. The number of carbonyl (C=O) groups is 1. The summed E-state index contributed by atoms with van der Waals surface area (Å²) in [6.45, 7) is 4.42. The van der Waals surface area contributed by atoms with Gasteiger partial charge in [-0.3, -0.25) is 9.69 Å². The van der Waals surface area contributed by atoms with Crippen LogP contribution < -0.4 is 10.2 Å². The smallest absolute Gasteiger partial charge is 0.354 e. The molecule has 3 rings (SSSR count). The molecule has 1 aromatic heterocycles.